The minimum atomic E-state index is -0.205. The van der Waals surface area contributed by atoms with Crippen molar-refractivity contribution in [2.75, 3.05) is 26.2 Å². The molecule has 0 radical (unpaired) electrons. The van der Waals surface area contributed by atoms with Crippen molar-refractivity contribution in [3.63, 3.8) is 0 Å². The molecule has 1 aliphatic heterocycles. The molecule has 2 unspecified atom stereocenters. The Bertz CT molecular complexity index is 967. The second-order valence-corrected chi connectivity index (χ2v) is 7.78. The number of hydrogen-bond acceptors (Lipinski definition) is 2. The Morgan fingerprint density at radius 1 is 1.40 bits per heavy atom. The van der Waals surface area contributed by atoms with Gasteiger partial charge in [-0.25, -0.2) is 9.37 Å². The van der Waals surface area contributed by atoms with Crippen molar-refractivity contribution in [1.29, 1.82) is 0 Å². The molecule has 3 aromatic rings. The van der Waals surface area contributed by atoms with Crippen LogP contribution in [0.25, 0.3) is 10.9 Å². The molecule has 2 N–H and O–H groups in total. The monoisotopic (exact) mass is 524 g/mol. The van der Waals surface area contributed by atoms with Gasteiger partial charge < -0.3 is 19.8 Å². The van der Waals surface area contributed by atoms with E-state index in [4.69, 9.17) is 4.99 Å². The van der Waals surface area contributed by atoms with Gasteiger partial charge in [0.05, 0.1) is 12.4 Å². The van der Waals surface area contributed by atoms with Crippen LogP contribution in [0.15, 0.2) is 48.1 Å². The van der Waals surface area contributed by atoms with Gasteiger partial charge in [-0.3, -0.25) is 4.99 Å². The van der Waals surface area contributed by atoms with E-state index in [0.29, 0.717) is 18.5 Å². The summed E-state index contributed by atoms with van der Waals surface area (Å²) in [5, 5.41) is 4.38. The van der Waals surface area contributed by atoms with Crippen molar-refractivity contribution < 1.29 is 4.39 Å². The molecule has 1 aliphatic rings. The van der Waals surface area contributed by atoms with Gasteiger partial charge in [-0.05, 0) is 49.4 Å². The SMILES string of the molecule is CCNC(=NCCc1c[nH]c2ccc(F)cc12)N1CCC(C)C(n2ccnc2)C1.I. The first-order chi connectivity index (χ1) is 14.2. The number of rotatable bonds is 5. The minimum Gasteiger partial charge on any atom is -0.361 e. The van der Waals surface area contributed by atoms with Crippen molar-refractivity contribution in [2.24, 2.45) is 10.9 Å². The molecule has 1 saturated heterocycles. The Kier molecular flexibility index (Phi) is 7.74. The molecule has 30 heavy (non-hydrogen) atoms. The summed E-state index contributed by atoms with van der Waals surface area (Å²) in [6, 6.07) is 5.26. The molecule has 8 heteroatoms. The summed E-state index contributed by atoms with van der Waals surface area (Å²) in [5.74, 6) is 1.35. The number of benzene rings is 1. The van der Waals surface area contributed by atoms with Gasteiger partial charge in [0.25, 0.3) is 0 Å². The standard InChI is InChI=1S/C22H29FN6.HI/c1-3-25-22(28-10-7-16(2)21(14-28)29-11-9-24-15-29)26-8-6-17-13-27-20-5-4-18(23)12-19(17)20;/h4-5,9,11-13,15-16,21,27H,3,6-8,10,14H2,1-2H3,(H,25,26);1H. The Labute approximate surface area is 194 Å². The van der Waals surface area contributed by atoms with E-state index in [1.807, 2.05) is 24.9 Å². The molecule has 0 aliphatic carbocycles. The quantitative estimate of drug-likeness (QED) is 0.299. The van der Waals surface area contributed by atoms with E-state index in [-0.39, 0.29) is 29.8 Å². The first-order valence-electron chi connectivity index (χ1n) is 10.4. The number of imidazole rings is 1. The lowest BCUT2D eigenvalue weighted by Crippen LogP contribution is -2.49. The van der Waals surface area contributed by atoms with E-state index in [0.717, 1.165) is 54.9 Å². The first-order valence-corrected chi connectivity index (χ1v) is 10.4. The predicted molar refractivity (Wildman–Crippen MR) is 130 cm³/mol. The number of hydrogen-bond donors (Lipinski definition) is 2. The van der Waals surface area contributed by atoms with Gasteiger partial charge in [-0.15, -0.1) is 24.0 Å². The van der Waals surface area contributed by atoms with Crippen LogP contribution in [0.1, 0.15) is 31.9 Å². The van der Waals surface area contributed by atoms with Crippen molar-refractivity contribution in [3.8, 4) is 0 Å². The normalized spacial score (nSPS) is 19.7. The zero-order valence-electron chi connectivity index (χ0n) is 17.5. The molecule has 4 rings (SSSR count). The third-order valence-corrected chi connectivity index (χ3v) is 5.83. The number of aromatic nitrogens is 3. The summed E-state index contributed by atoms with van der Waals surface area (Å²) >= 11 is 0. The molecule has 0 spiro atoms. The van der Waals surface area contributed by atoms with E-state index in [9.17, 15) is 4.39 Å². The number of H-pyrrole nitrogens is 1. The van der Waals surface area contributed by atoms with Crippen LogP contribution in [-0.4, -0.2) is 51.6 Å². The maximum atomic E-state index is 13.6. The number of guanidine groups is 1. The number of aliphatic imine (C=N–C) groups is 1. The number of halogens is 2. The third kappa shape index (κ3) is 4.96. The summed E-state index contributed by atoms with van der Waals surface area (Å²) in [4.78, 5) is 14.7. The smallest absolute Gasteiger partial charge is 0.193 e. The van der Waals surface area contributed by atoms with Crippen LogP contribution >= 0.6 is 24.0 Å². The van der Waals surface area contributed by atoms with Crippen LogP contribution in [0.4, 0.5) is 4.39 Å². The Balaban J connectivity index is 0.00000256. The van der Waals surface area contributed by atoms with E-state index in [2.05, 4.69) is 38.6 Å². The highest BCUT2D eigenvalue weighted by atomic mass is 127. The number of fused-ring (bicyclic) bond motifs is 1. The zero-order chi connectivity index (χ0) is 20.2. The maximum Gasteiger partial charge on any atom is 0.193 e. The molecule has 0 bridgehead atoms. The molecule has 3 heterocycles. The Morgan fingerprint density at radius 2 is 2.27 bits per heavy atom. The van der Waals surface area contributed by atoms with Gasteiger partial charge in [-0.1, -0.05) is 6.92 Å². The van der Waals surface area contributed by atoms with Gasteiger partial charge in [0.15, 0.2) is 5.96 Å². The van der Waals surface area contributed by atoms with Crippen LogP contribution in [0.3, 0.4) is 0 Å². The molecular formula is C22H30FIN6. The lowest BCUT2D eigenvalue weighted by atomic mass is 9.93. The Morgan fingerprint density at radius 3 is 3.03 bits per heavy atom. The number of likely N-dealkylation sites (tertiary alicyclic amines) is 1. The van der Waals surface area contributed by atoms with Gasteiger partial charge in [0.2, 0.25) is 0 Å². The Hall–Kier alpha value is -2.10. The maximum absolute atomic E-state index is 13.6. The van der Waals surface area contributed by atoms with Crippen LogP contribution in [0, 0.1) is 11.7 Å². The highest BCUT2D eigenvalue weighted by Crippen LogP contribution is 2.27. The summed E-state index contributed by atoms with van der Waals surface area (Å²) in [5.41, 5.74) is 2.06. The first kappa shape index (κ1) is 22.6. The molecule has 1 fully saturated rings. The fraction of sp³-hybridized carbons (Fsp3) is 0.455. The number of piperidine rings is 1. The topological polar surface area (TPSA) is 61.2 Å². The average molecular weight is 524 g/mol. The van der Waals surface area contributed by atoms with Gasteiger partial charge in [0.1, 0.15) is 5.82 Å². The molecule has 2 aromatic heterocycles. The summed E-state index contributed by atoms with van der Waals surface area (Å²) in [6.45, 7) is 7.81. The van der Waals surface area contributed by atoms with E-state index in [1.165, 1.54) is 6.07 Å². The summed E-state index contributed by atoms with van der Waals surface area (Å²) in [6.07, 6.45) is 9.65. The largest absolute Gasteiger partial charge is 0.361 e. The molecule has 0 amide bonds. The zero-order valence-corrected chi connectivity index (χ0v) is 19.8. The lowest BCUT2D eigenvalue weighted by molar-refractivity contribution is 0.189. The third-order valence-electron chi connectivity index (χ3n) is 5.83. The van der Waals surface area contributed by atoms with Crippen molar-refractivity contribution in [1.82, 2.24) is 24.8 Å². The van der Waals surface area contributed by atoms with Crippen LogP contribution in [0.2, 0.25) is 0 Å². The molecule has 6 nitrogen and oxygen atoms in total. The molecule has 2 atom stereocenters. The van der Waals surface area contributed by atoms with Gasteiger partial charge >= 0.3 is 0 Å². The van der Waals surface area contributed by atoms with Crippen LogP contribution in [-0.2, 0) is 6.42 Å². The molecular weight excluding hydrogens is 494 g/mol. The molecule has 1 aromatic carbocycles. The summed E-state index contributed by atoms with van der Waals surface area (Å²) in [7, 11) is 0. The lowest BCUT2D eigenvalue weighted by Gasteiger charge is -2.39. The van der Waals surface area contributed by atoms with Crippen molar-refractivity contribution in [2.45, 2.75) is 32.7 Å². The second-order valence-electron chi connectivity index (χ2n) is 7.78. The molecule has 0 saturated carbocycles. The predicted octanol–water partition coefficient (Wildman–Crippen LogP) is 4.21. The molecule has 162 valence electrons. The van der Waals surface area contributed by atoms with Crippen molar-refractivity contribution >= 4 is 40.8 Å². The van der Waals surface area contributed by atoms with E-state index < -0.39 is 0 Å². The van der Waals surface area contributed by atoms with Crippen LogP contribution in [0.5, 0.6) is 0 Å². The second kappa shape index (κ2) is 10.3. The fourth-order valence-electron chi connectivity index (χ4n) is 4.16. The van der Waals surface area contributed by atoms with Crippen molar-refractivity contribution in [3.05, 3.63) is 54.5 Å². The number of nitrogens with zero attached hydrogens (tertiary/aromatic N) is 4. The minimum absolute atomic E-state index is 0. The highest BCUT2D eigenvalue weighted by molar-refractivity contribution is 14.0. The summed E-state index contributed by atoms with van der Waals surface area (Å²) < 4.78 is 15.8. The number of aromatic amines is 1. The number of nitrogens with one attached hydrogen (secondary N) is 2. The van der Waals surface area contributed by atoms with Crippen LogP contribution < -0.4 is 5.32 Å². The van der Waals surface area contributed by atoms with E-state index in [1.54, 1.807) is 12.1 Å². The van der Waals surface area contributed by atoms with Gasteiger partial charge in [0, 0.05) is 55.7 Å². The average Bonchev–Trinajstić information content (AvgIpc) is 3.38. The van der Waals surface area contributed by atoms with Gasteiger partial charge in [-0.2, -0.15) is 0 Å². The van der Waals surface area contributed by atoms with E-state index >= 15 is 0 Å². The highest BCUT2D eigenvalue weighted by Gasteiger charge is 2.28. The fourth-order valence-corrected chi connectivity index (χ4v) is 4.16.